The summed E-state index contributed by atoms with van der Waals surface area (Å²) < 4.78 is 0. The number of phenols is 1. The van der Waals surface area contributed by atoms with Crippen LogP contribution in [0.25, 0.3) is 0 Å². The summed E-state index contributed by atoms with van der Waals surface area (Å²) in [6.45, 7) is 3.70. The van der Waals surface area contributed by atoms with Crippen LogP contribution in [0.1, 0.15) is 5.56 Å². The van der Waals surface area contributed by atoms with E-state index in [0.717, 1.165) is 12.0 Å². The first-order chi connectivity index (χ1) is 4.33. The first kappa shape index (κ1) is 9.54. The number of hydrogen-bond acceptors (Lipinski definition) is 1. The summed E-state index contributed by atoms with van der Waals surface area (Å²) in [7, 11) is 0. The van der Waals surface area contributed by atoms with E-state index in [1.165, 1.54) is 0 Å². The third kappa shape index (κ3) is 2.42. The predicted octanol–water partition coefficient (Wildman–Crippen LogP) is 1.77. The standard InChI is InChI=1S/C8H9O.Cu/c1-2-7-3-5-8(9)6-4-7;/h3-6,9H,1-2H2;/q-1;+1. The van der Waals surface area contributed by atoms with E-state index in [1.54, 1.807) is 12.1 Å². The Morgan fingerprint density at radius 3 is 2.10 bits per heavy atom. The molecule has 0 aliphatic rings. The van der Waals surface area contributed by atoms with Gasteiger partial charge in [-0.1, -0.05) is 17.7 Å². The van der Waals surface area contributed by atoms with Gasteiger partial charge in [-0.3, -0.25) is 0 Å². The maximum atomic E-state index is 8.83. The molecule has 0 atom stereocenters. The van der Waals surface area contributed by atoms with Crippen LogP contribution < -0.4 is 0 Å². The molecule has 1 rings (SSSR count). The molecule has 0 heterocycles. The summed E-state index contributed by atoms with van der Waals surface area (Å²) in [5.41, 5.74) is 1.15. The number of benzene rings is 1. The van der Waals surface area contributed by atoms with Gasteiger partial charge in [0.1, 0.15) is 5.75 Å². The fraction of sp³-hybridized carbons (Fsp3) is 0.125. The van der Waals surface area contributed by atoms with Gasteiger partial charge in [0.15, 0.2) is 0 Å². The minimum Gasteiger partial charge on any atom is -0.508 e. The Labute approximate surface area is 71.6 Å². The summed E-state index contributed by atoms with van der Waals surface area (Å²) in [6.07, 6.45) is 0.778. The third-order valence-corrected chi connectivity index (χ3v) is 1.23. The smallest absolute Gasteiger partial charge is 0.508 e. The Bertz CT molecular complexity index is 181. The molecule has 0 bridgehead atoms. The monoisotopic (exact) mass is 184 g/mol. The number of hydrogen-bond donors (Lipinski definition) is 1. The zero-order chi connectivity index (χ0) is 6.69. The molecule has 1 aromatic carbocycles. The van der Waals surface area contributed by atoms with Crippen molar-refractivity contribution in [3.63, 3.8) is 0 Å². The molecule has 58 valence electrons. The Hall–Kier alpha value is -0.461. The summed E-state index contributed by atoms with van der Waals surface area (Å²) >= 11 is 0. The van der Waals surface area contributed by atoms with Crippen LogP contribution >= 0.6 is 0 Å². The van der Waals surface area contributed by atoms with Gasteiger partial charge in [-0.05, 0) is 12.1 Å². The Kier molecular flexibility index (Phi) is 4.17. The molecule has 1 nitrogen and oxygen atoms in total. The molecule has 1 N–H and O–H groups in total. The molecule has 0 spiro atoms. The van der Waals surface area contributed by atoms with E-state index in [4.69, 9.17) is 5.11 Å². The molecule has 0 radical (unpaired) electrons. The second kappa shape index (κ2) is 4.37. The topological polar surface area (TPSA) is 20.2 Å². The summed E-state index contributed by atoms with van der Waals surface area (Å²) in [5, 5.41) is 8.83. The molecular formula is C8H9CuO. The van der Waals surface area contributed by atoms with Crippen LogP contribution in [-0.4, -0.2) is 5.11 Å². The van der Waals surface area contributed by atoms with Crippen molar-refractivity contribution in [1.29, 1.82) is 0 Å². The third-order valence-electron chi connectivity index (χ3n) is 1.23. The van der Waals surface area contributed by atoms with E-state index >= 15 is 0 Å². The van der Waals surface area contributed by atoms with E-state index in [-0.39, 0.29) is 17.1 Å². The number of aromatic hydroxyl groups is 1. The van der Waals surface area contributed by atoms with Crippen molar-refractivity contribution in [2.24, 2.45) is 0 Å². The molecule has 0 aromatic heterocycles. The minimum absolute atomic E-state index is 0. The van der Waals surface area contributed by atoms with Gasteiger partial charge in [0.05, 0.1) is 0 Å². The van der Waals surface area contributed by atoms with Gasteiger partial charge in [0, 0.05) is 0 Å². The second-order valence-corrected chi connectivity index (χ2v) is 1.92. The molecule has 0 aliphatic carbocycles. The molecule has 0 unspecified atom stereocenters. The fourth-order valence-corrected chi connectivity index (χ4v) is 0.663. The van der Waals surface area contributed by atoms with Crippen molar-refractivity contribution < 1.29 is 22.2 Å². The van der Waals surface area contributed by atoms with Gasteiger partial charge in [-0.25, -0.2) is 0 Å². The van der Waals surface area contributed by atoms with E-state index < -0.39 is 0 Å². The zero-order valence-electron chi connectivity index (χ0n) is 5.47. The largest absolute Gasteiger partial charge is 1.00 e. The fourth-order valence-electron chi connectivity index (χ4n) is 0.663. The van der Waals surface area contributed by atoms with E-state index in [1.807, 2.05) is 12.1 Å². The van der Waals surface area contributed by atoms with E-state index in [0.29, 0.717) is 5.75 Å². The van der Waals surface area contributed by atoms with Gasteiger partial charge in [-0.2, -0.15) is 6.42 Å². The number of phenolic OH excluding ortho intramolecular Hbond substituents is 1. The van der Waals surface area contributed by atoms with Gasteiger partial charge >= 0.3 is 17.1 Å². The molecule has 2 heteroatoms. The first-order valence-electron chi connectivity index (χ1n) is 2.90. The summed E-state index contributed by atoms with van der Waals surface area (Å²) in [5.74, 6) is 0.312. The molecule has 0 saturated carbocycles. The molecule has 0 amide bonds. The summed E-state index contributed by atoms with van der Waals surface area (Å²) in [4.78, 5) is 0. The normalized spacial score (nSPS) is 8.50. The maximum absolute atomic E-state index is 8.83. The van der Waals surface area contributed by atoms with Crippen LogP contribution in [0.3, 0.4) is 0 Å². The van der Waals surface area contributed by atoms with Crippen LogP contribution in [0, 0.1) is 6.92 Å². The first-order valence-corrected chi connectivity index (χ1v) is 2.90. The Morgan fingerprint density at radius 2 is 1.70 bits per heavy atom. The Morgan fingerprint density at radius 1 is 1.20 bits per heavy atom. The van der Waals surface area contributed by atoms with Gasteiger partial charge in [0.2, 0.25) is 0 Å². The van der Waals surface area contributed by atoms with Crippen LogP contribution in [0.2, 0.25) is 0 Å². The summed E-state index contributed by atoms with van der Waals surface area (Å²) in [6, 6.07) is 7.06. The predicted molar refractivity (Wildman–Crippen MR) is 37.2 cm³/mol. The van der Waals surface area contributed by atoms with Gasteiger partial charge < -0.3 is 12.0 Å². The quantitative estimate of drug-likeness (QED) is 0.521. The van der Waals surface area contributed by atoms with Gasteiger partial charge in [0.25, 0.3) is 0 Å². The number of rotatable bonds is 1. The van der Waals surface area contributed by atoms with E-state index in [9.17, 15) is 0 Å². The molecule has 1 aromatic rings. The average Bonchev–Trinajstić information content (AvgIpc) is 1.90. The minimum atomic E-state index is 0. The Balaban J connectivity index is 0.000000810. The SMILES string of the molecule is [CH2-]Cc1ccc(O)cc1.[Cu+]. The van der Waals surface area contributed by atoms with Crippen molar-refractivity contribution in [1.82, 2.24) is 0 Å². The molecule has 0 fully saturated rings. The van der Waals surface area contributed by atoms with Crippen LogP contribution in [0.15, 0.2) is 24.3 Å². The molecular weight excluding hydrogens is 176 g/mol. The van der Waals surface area contributed by atoms with Crippen molar-refractivity contribution in [2.45, 2.75) is 6.42 Å². The molecule has 10 heavy (non-hydrogen) atoms. The zero-order valence-corrected chi connectivity index (χ0v) is 6.41. The van der Waals surface area contributed by atoms with Crippen molar-refractivity contribution >= 4 is 0 Å². The van der Waals surface area contributed by atoms with Crippen molar-refractivity contribution in [3.05, 3.63) is 36.8 Å². The molecule has 0 aliphatic heterocycles. The van der Waals surface area contributed by atoms with Crippen molar-refractivity contribution in [3.8, 4) is 5.75 Å². The molecule has 0 saturated heterocycles. The second-order valence-electron chi connectivity index (χ2n) is 1.92. The van der Waals surface area contributed by atoms with Crippen molar-refractivity contribution in [2.75, 3.05) is 0 Å². The average molecular weight is 185 g/mol. The van der Waals surface area contributed by atoms with E-state index in [2.05, 4.69) is 6.92 Å². The maximum Gasteiger partial charge on any atom is 1.00 e. The van der Waals surface area contributed by atoms with Crippen LogP contribution in [0.5, 0.6) is 5.75 Å². The van der Waals surface area contributed by atoms with Crippen LogP contribution in [0.4, 0.5) is 0 Å². The van der Waals surface area contributed by atoms with Gasteiger partial charge in [-0.15, -0.1) is 0 Å². The van der Waals surface area contributed by atoms with Crippen LogP contribution in [-0.2, 0) is 23.5 Å².